The Morgan fingerprint density at radius 1 is 1.16 bits per heavy atom. The smallest absolute Gasteiger partial charge is 0.295 e. The molecule has 7 nitrogen and oxygen atoms in total. The predicted molar refractivity (Wildman–Crippen MR) is 96.7 cm³/mol. The lowest BCUT2D eigenvalue weighted by molar-refractivity contribution is -0.384. The van der Waals surface area contributed by atoms with Crippen molar-refractivity contribution in [2.24, 2.45) is 0 Å². The van der Waals surface area contributed by atoms with Gasteiger partial charge >= 0.3 is 0 Å². The van der Waals surface area contributed by atoms with Crippen LogP contribution in [0.2, 0.25) is 0 Å². The lowest BCUT2D eigenvalue weighted by atomic mass is 10.1. The van der Waals surface area contributed by atoms with Gasteiger partial charge in [-0.25, -0.2) is 4.98 Å². The summed E-state index contributed by atoms with van der Waals surface area (Å²) in [4.78, 5) is 19.9. The van der Waals surface area contributed by atoms with Crippen LogP contribution < -0.4 is 4.90 Å². The van der Waals surface area contributed by atoms with Gasteiger partial charge in [0.1, 0.15) is 5.82 Å². The highest BCUT2D eigenvalue weighted by atomic mass is 16.6. The minimum absolute atomic E-state index is 0.0164. The van der Waals surface area contributed by atoms with Gasteiger partial charge in [-0.2, -0.15) is 0 Å². The molecule has 25 heavy (non-hydrogen) atoms. The summed E-state index contributed by atoms with van der Waals surface area (Å²) in [6, 6.07) is 12.5. The zero-order valence-electron chi connectivity index (χ0n) is 14.2. The number of nitrogens with zero attached hydrogens (tertiary/aromatic N) is 4. The minimum Gasteiger partial charge on any atom is -0.392 e. The topological polar surface area (TPSA) is 82.7 Å². The van der Waals surface area contributed by atoms with Crippen molar-refractivity contribution >= 4 is 11.5 Å². The maximum Gasteiger partial charge on any atom is 0.295 e. The van der Waals surface area contributed by atoms with Crippen molar-refractivity contribution in [3.05, 3.63) is 52.6 Å². The Bertz CT molecular complexity index is 728. The molecule has 0 radical (unpaired) electrons. The Kier molecular flexibility index (Phi) is 5.25. The van der Waals surface area contributed by atoms with Crippen LogP contribution in [0.1, 0.15) is 6.92 Å². The number of aromatic nitrogens is 1. The second kappa shape index (κ2) is 7.58. The molecule has 0 spiro atoms. The van der Waals surface area contributed by atoms with E-state index in [9.17, 15) is 15.2 Å². The SMILES string of the molecule is C[C@@H](O)CN1CCN(c2ccc([N+](=O)[O-])c(-c3ccccc3)n2)CC1. The van der Waals surface area contributed by atoms with Gasteiger partial charge in [0.2, 0.25) is 0 Å². The van der Waals surface area contributed by atoms with Crippen LogP contribution in [-0.4, -0.2) is 58.7 Å². The number of aliphatic hydroxyl groups is 1. The molecular weight excluding hydrogens is 320 g/mol. The summed E-state index contributed by atoms with van der Waals surface area (Å²) < 4.78 is 0. The maximum atomic E-state index is 11.3. The number of aliphatic hydroxyl groups excluding tert-OH is 1. The Balaban J connectivity index is 1.83. The Labute approximate surface area is 146 Å². The van der Waals surface area contributed by atoms with E-state index >= 15 is 0 Å². The van der Waals surface area contributed by atoms with Gasteiger partial charge in [-0.1, -0.05) is 30.3 Å². The molecule has 1 saturated heterocycles. The lowest BCUT2D eigenvalue weighted by Gasteiger charge is -2.36. The third-order valence-electron chi connectivity index (χ3n) is 4.32. The zero-order valence-corrected chi connectivity index (χ0v) is 14.2. The van der Waals surface area contributed by atoms with Crippen molar-refractivity contribution in [3.63, 3.8) is 0 Å². The molecular formula is C18H22N4O3. The van der Waals surface area contributed by atoms with Crippen LogP contribution in [0.4, 0.5) is 11.5 Å². The Morgan fingerprint density at radius 2 is 1.84 bits per heavy atom. The number of anilines is 1. The molecule has 0 saturated carbocycles. The Morgan fingerprint density at radius 3 is 2.44 bits per heavy atom. The monoisotopic (exact) mass is 342 g/mol. The third-order valence-corrected chi connectivity index (χ3v) is 4.32. The molecule has 1 aliphatic rings. The summed E-state index contributed by atoms with van der Waals surface area (Å²) in [5, 5.41) is 20.9. The molecule has 1 aliphatic heterocycles. The fraction of sp³-hybridized carbons (Fsp3) is 0.389. The van der Waals surface area contributed by atoms with E-state index in [0.717, 1.165) is 37.6 Å². The van der Waals surface area contributed by atoms with Crippen LogP contribution >= 0.6 is 0 Å². The first-order chi connectivity index (χ1) is 12.0. The molecule has 1 fully saturated rings. The summed E-state index contributed by atoms with van der Waals surface area (Å²) in [6.45, 7) is 5.69. The number of β-amino-alcohol motifs (C(OH)–C–C–N with tert-alkyl or cyclic N) is 1. The fourth-order valence-corrected chi connectivity index (χ4v) is 3.11. The summed E-state index contributed by atoms with van der Waals surface area (Å²) >= 11 is 0. The average Bonchev–Trinajstić information content (AvgIpc) is 2.62. The first-order valence-electron chi connectivity index (χ1n) is 8.41. The van der Waals surface area contributed by atoms with Gasteiger partial charge in [-0.3, -0.25) is 15.0 Å². The number of hydrogen-bond acceptors (Lipinski definition) is 6. The average molecular weight is 342 g/mol. The molecule has 132 valence electrons. The number of piperazine rings is 1. The van der Waals surface area contributed by atoms with E-state index in [1.807, 2.05) is 30.3 Å². The number of pyridine rings is 1. The molecule has 1 aromatic heterocycles. The van der Waals surface area contributed by atoms with Crippen molar-refractivity contribution in [2.75, 3.05) is 37.6 Å². The number of rotatable bonds is 5. The number of nitro groups is 1. The fourth-order valence-electron chi connectivity index (χ4n) is 3.11. The molecule has 0 bridgehead atoms. The van der Waals surface area contributed by atoms with Gasteiger partial charge < -0.3 is 10.0 Å². The first kappa shape index (κ1) is 17.3. The van der Waals surface area contributed by atoms with Crippen molar-refractivity contribution in [1.82, 2.24) is 9.88 Å². The van der Waals surface area contributed by atoms with Gasteiger partial charge in [0.25, 0.3) is 5.69 Å². The molecule has 1 N–H and O–H groups in total. The predicted octanol–water partition coefficient (Wildman–Crippen LogP) is 2.16. The van der Waals surface area contributed by atoms with Gasteiger partial charge in [0.05, 0.1) is 11.0 Å². The van der Waals surface area contributed by atoms with E-state index in [1.54, 1.807) is 13.0 Å². The number of benzene rings is 1. The summed E-state index contributed by atoms with van der Waals surface area (Å²) in [7, 11) is 0. The summed E-state index contributed by atoms with van der Waals surface area (Å²) in [5.41, 5.74) is 1.15. The quantitative estimate of drug-likeness (QED) is 0.662. The lowest BCUT2D eigenvalue weighted by Crippen LogP contribution is -2.48. The van der Waals surface area contributed by atoms with Crippen LogP contribution in [-0.2, 0) is 0 Å². The van der Waals surface area contributed by atoms with Gasteiger partial charge in [0, 0.05) is 44.4 Å². The normalized spacial score (nSPS) is 16.6. The van der Waals surface area contributed by atoms with E-state index in [2.05, 4.69) is 14.8 Å². The van der Waals surface area contributed by atoms with E-state index in [0.29, 0.717) is 12.2 Å². The van der Waals surface area contributed by atoms with E-state index in [1.165, 1.54) is 6.07 Å². The van der Waals surface area contributed by atoms with Crippen LogP contribution in [0.3, 0.4) is 0 Å². The van der Waals surface area contributed by atoms with Crippen LogP contribution in [0.25, 0.3) is 11.3 Å². The highest BCUT2D eigenvalue weighted by Crippen LogP contribution is 2.30. The van der Waals surface area contributed by atoms with Gasteiger partial charge in [0.15, 0.2) is 5.69 Å². The molecule has 2 heterocycles. The molecule has 0 aliphatic carbocycles. The van der Waals surface area contributed by atoms with Crippen molar-refractivity contribution in [1.29, 1.82) is 0 Å². The van der Waals surface area contributed by atoms with Crippen molar-refractivity contribution in [2.45, 2.75) is 13.0 Å². The molecule has 1 aromatic carbocycles. The van der Waals surface area contributed by atoms with Crippen LogP contribution in [0.15, 0.2) is 42.5 Å². The Hall–Kier alpha value is -2.51. The first-order valence-corrected chi connectivity index (χ1v) is 8.41. The largest absolute Gasteiger partial charge is 0.392 e. The third kappa shape index (κ3) is 4.12. The van der Waals surface area contributed by atoms with Crippen LogP contribution in [0.5, 0.6) is 0 Å². The molecule has 0 unspecified atom stereocenters. The highest BCUT2D eigenvalue weighted by molar-refractivity contribution is 5.71. The molecule has 2 aromatic rings. The second-order valence-electron chi connectivity index (χ2n) is 6.30. The molecule has 7 heteroatoms. The zero-order chi connectivity index (χ0) is 17.8. The standard InChI is InChI=1S/C18H22N4O3/c1-14(23)13-20-9-11-21(12-10-20)17-8-7-16(22(24)25)18(19-17)15-5-3-2-4-6-15/h2-8,14,23H,9-13H2,1H3/t14-/m1/s1. The van der Waals surface area contributed by atoms with E-state index < -0.39 is 0 Å². The van der Waals surface area contributed by atoms with E-state index in [4.69, 9.17) is 0 Å². The van der Waals surface area contributed by atoms with Gasteiger partial charge in [-0.05, 0) is 13.0 Å². The highest BCUT2D eigenvalue weighted by Gasteiger charge is 2.22. The molecule has 0 amide bonds. The summed E-state index contributed by atoms with van der Waals surface area (Å²) in [5.74, 6) is 0.751. The van der Waals surface area contributed by atoms with Gasteiger partial charge in [-0.15, -0.1) is 0 Å². The second-order valence-corrected chi connectivity index (χ2v) is 6.30. The van der Waals surface area contributed by atoms with Crippen molar-refractivity contribution < 1.29 is 10.0 Å². The van der Waals surface area contributed by atoms with Crippen LogP contribution in [0, 0.1) is 10.1 Å². The van der Waals surface area contributed by atoms with Crippen molar-refractivity contribution in [3.8, 4) is 11.3 Å². The molecule has 3 rings (SSSR count). The number of hydrogen-bond donors (Lipinski definition) is 1. The minimum atomic E-state index is -0.389. The summed E-state index contributed by atoms with van der Waals surface area (Å²) in [6.07, 6.45) is -0.339. The van der Waals surface area contributed by atoms with E-state index in [-0.39, 0.29) is 16.7 Å². The maximum absolute atomic E-state index is 11.3. The molecule has 1 atom stereocenters.